The fourth-order valence-corrected chi connectivity index (χ4v) is 2.00. The van der Waals surface area contributed by atoms with Crippen LogP contribution in [0, 0.1) is 6.92 Å². The Morgan fingerprint density at radius 1 is 1.26 bits per heavy atom. The maximum absolute atomic E-state index is 5.93. The van der Waals surface area contributed by atoms with E-state index in [1.54, 1.807) is 17.7 Å². The van der Waals surface area contributed by atoms with Gasteiger partial charge in [0.1, 0.15) is 17.0 Å². The molecule has 3 aromatic rings. The first-order valence-electron chi connectivity index (χ1n) is 5.89. The van der Waals surface area contributed by atoms with E-state index in [0.29, 0.717) is 24.0 Å². The Morgan fingerprint density at radius 3 is 2.79 bits per heavy atom. The Morgan fingerprint density at radius 2 is 2.11 bits per heavy atom. The summed E-state index contributed by atoms with van der Waals surface area (Å²) in [5.41, 5.74) is 7.35. The summed E-state index contributed by atoms with van der Waals surface area (Å²) in [6.45, 7) is 2.40. The summed E-state index contributed by atoms with van der Waals surface area (Å²) in [7, 11) is 1.58. The van der Waals surface area contributed by atoms with Gasteiger partial charge in [-0.3, -0.25) is 4.57 Å². The lowest BCUT2D eigenvalue weighted by atomic mass is 10.4. The molecular formula is C13H14N4O2. The van der Waals surface area contributed by atoms with E-state index in [2.05, 4.69) is 9.97 Å². The largest absolute Gasteiger partial charge is 0.481 e. The van der Waals surface area contributed by atoms with E-state index in [1.807, 2.05) is 25.1 Å². The first-order chi connectivity index (χ1) is 9.17. The van der Waals surface area contributed by atoms with Crippen molar-refractivity contribution in [2.24, 2.45) is 0 Å². The molecule has 0 aromatic carbocycles. The number of nitrogens with zero attached hydrogens (tertiary/aromatic N) is 3. The lowest BCUT2D eigenvalue weighted by molar-refractivity contribution is 0.398. The quantitative estimate of drug-likeness (QED) is 0.777. The van der Waals surface area contributed by atoms with Crippen molar-refractivity contribution in [3.8, 4) is 5.88 Å². The minimum Gasteiger partial charge on any atom is -0.481 e. The summed E-state index contributed by atoms with van der Waals surface area (Å²) in [5.74, 6) is 2.62. The number of fused-ring (bicyclic) bond motifs is 1. The van der Waals surface area contributed by atoms with Crippen molar-refractivity contribution in [3.05, 3.63) is 35.8 Å². The van der Waals surface area contributed by atoms with Crippen LogP contribution in [0.5, 0.6) is 5.88 Å². The number of pyridine rings is 1. The minimum atomic E-state index is 0.407. The fourth-order valence-electron chi connectivity index (χ4n) is 2.00. The molecule has 2 N–H and O–H groups in total. The molecular weight excluding hydrogens is 244 g/mol. The number of furan rings is 1. The number of ether oxygens (including phenoxy) is 1. The Balaban J connectivity index is 2.08. The summed E-state index contributed by atoms with van der Waals surface area (Å²) in [4.78, 5) is 8.65. The van der Waals surface area contributed by atoms with Gasteiger partial charge < -0.3 is 14.9 Å². The number of hydrogen-bond acceptors (Lipinski definition) is 5. The Hall–Kier alpha value is -2.50. The molecule has 3 heterocycles. The number of hydrogen-bond donors (Lipinski definition) is 1. The highest BCUT2D eigenvalue weighted by Gasteiger charge is 2.12. The van der Waals surface area contributed by atoms with Gasteiger partial charge in [0.2, 0.25) is 11.8 Å². The van der Waals surface area contributed by atoms with E-state index >= 15 is 0 Å². The van der Waals surface area contributed by atoms with Crippen LogP contribution in [0.3, 0.4) is 0 Å². The zero-order valence-corrected chi connectivity index (χ0v) is 10.8. The molecule has 0 aliphatic heterocycles. The summed E-state index contributed by atoms with van der Waals surface area (Å²) in [6.07, 6.45) is 0. The summed E-state index contributed by atoms with van der Waals surface area (Å²) in [6, 6.07) is 7.43. The molecule has 6 heteroatoms. The third kappa shape index (κ3) is 2.01. The van der Waals surface area contributed by atoms with Gasteiger partial charge in [0.15, 0.2) is 5.65 Å². The zero-order valence-electron chi connectivity index (χ0n) is 10.8. The molecule has 0 fully saturated rings. The van der Waals surface area contributed by atoms with Gasteiger partial charge in [0, 0.05) is 6.07 Å². The van der Waals surface area contributed by atoms with Gasteiger partial charge in [0.05, 0.1) is 13.7 Å². The highest BCUT2D eigenvalue weighted by Crippen LogP contribution is 2.21. The number of rotatable bonds is 3. The number of anilines is 1. The van der Waals surface area contributed by atoms with Gasteiger partial charge in [-0.25, -0.2) is 4.98 Å². The molecule has 0 aliphatic rings. The monoisotopic (exact) mass is 258 g/mol. The van der Waals surface area contributed by atoms with Crippen LogP contribution in [0.2, 0.25) is 0 Å². The third-order valence-corrected chi connectivity index (χ3v) is 2.92. The van der Waals surface area contributed by atoms with Crippen LogP contribution < -0.4 is 10.5 Å². The van der Waals surface area contributed by atoms with E-state index in [1.165, 1.54) is 0 Å². The van der Waals surface area contributed by atoms with Crippen molar-refractivity contribution in [1.82, 2.24) is 14.5 Å². The second-order valence-corrected chi connectivity index (χ2v) is 4.26. The molecule has 3 aromatic heterocycles. The maximum Gasteiger partial charge on any atom is 0.215 e. The van der Waals surface area contributed by atoms with Crippen LogP contribution in [0.15, 0.2) is 28.7 Å². The number of aromatic nitrogens is 3. The molecule has 0 aliphatic carbocycles. The summed E-state index contributed by atoms with van der Waals surface area (Å²) in [5, 5.41) is 0. The van der Waals surface area contributed by atoms with Crippen LogP contribution in [0.25, 0.3) is 11.2 Å². The van der Waals surface area contributed by atoms with E-state index in [4.69, 9.17) is 14.9 Å². The van der Waals surface area contributed by atoms with Crippen molar-refractivity contribution in [3.63, 3.8) is 0 Å². The molecule has 0 amide bonds. The second-order valence-electron chi connectivity index (χ2n) is 4.26. The van der Waals surface area contributed by atoms with Gasteiger partial charge >= 0.3 is 0 Å². The maximum atomic E-state index is 5.93. The van der Waals surface area contributed by atoms with Crippen molar-refractivity contribution in [1.29, 1.82) is 0 Å². The molecule has 0 saturated heterocycles. The Bertz CT molecular complexity index is 729. The van der Waals surface area contributed by atoms with Crippen LogP contribution in [-0.4, -0.2) is 21.6 Å². The second kappa shape index (κ2) is 4.31. The zero-order chi connectivity index (χ0) is 13.4. The molecule has 3 rings (SSSR count). The lowest BCUT2D eigenvalue weighted by Crippen LogP contribution is -2.05. The number of nitrogens with two attached hydrogens (primary N) is 1. The molecule has 6 nitrogen and oxygen atoms in total. The van der Waals surface area contributed by atoms with Gasteiger partial charge in [-0.05, 0) is 25.1 Å². The first kappa shape index (κ1) is 11.6. The molecule has 98 valence electrons. The van der Waals surface area contributed by atoms with Crippen LogP contribution in [0.4, 0.5) is 5.95 Å². The fraction of sp³-hybridized carbons (Fsp3) is 0.231. The van der Waals surface area contributed by atoms with E-state index in [-0.39, 0.29) is 0 Å². The molecule has 0 spiro atoms. The van der Waals surface area contributed by atoms with Crippen molar-refractivity contribution < 1.29 is 9.15 Å². The smallest absolute Gasteiger partial charge is 0.215 e. The highest BCUT2D eigenvalue weighted by molar-refractivity contribution is 5.74. The van der Waals surface area contributed by atoms with E-state index in [0.717, 1.165) is 17.0 Å². The number of imidazole rings is 1. The lowest BCUT2D eigenvalue weighted by Gasteiger charge is -2.04. The summed E-state index contributed by atoms with van der Waals surface area (Å²) >= 11 is 0. The molecule has 0 radical (unpaired) electrons. The van der Waals surface area contributed by atoms with Crippen molar-refractivity contribution >= 4 is 17.1 Å². The number of aryl methyl sites for hydroxylation is 1. The highest BCUT2D eigenvalue weighted by atomic mass is 16.5. The standard InChI is InChI=1S/C13H14N4O2/c1-8-3-4-9(19-8)7-17-12-10(15-13(17)14)5-6-11(16-12)18-2/h3-6H,7H2,1-2H3,(H2,14,15). The van der Waals surface area contributed by atoms with Crippen molar-refractivity contribution in [2.45, 2.75) is 13.5 Å². The minimum absolute atomic E-state index is 0.407. The van der Waals surface area contributed by atoms with Crippen LogP contribution in [0.1, 0.15) is 11.5 Å². The average Bonchev–Trinajstić information content (AvgIpc) is 2.94. The molecule has 0 atom stereocenters. The molecule has 19 heavy (non-hydrogen) atoms. The molecule has 0 bridgehead atoms. The van der Waals surface area contributed by atoms with Gasteiger partial charge in [-0.2, -0.15) is 4.98 Å². The Labute approximate surface area is 109 Å². The van der Waals surface area contributed by atoms with Gasteiger partial charge in [0.25, 0.3) is 0 Å². The normalized spacial score (nSPS) is 11.1. The number of methoxy groups -OCH3 is 1. The SMILES string of the molecule is COc1ccc2nc(N)n(Cc3ccc(C)o3)c2n1. The van der Waals surface area contributed by atoms with Crippen LogP contribution in [-0.2, 0) is 6.54 Å². The van der Waals surface area contributed by atoms with E-state index < -0.39 is 0 Å². The van der Waals surface area contributed by atoms with Crippen molar-refractivity contribution in [2.75, 3.05) is 12.8 Å². The topological polar surface area (TPSA) is 79.1 Å². The third-order valence-electron chi connectivity index (χ3n) is 2.92. The van der Waals surface area contributed by atoms with Crippen LogP contribution >= 0.6 is 0 Å². The number of nitrogen functional groups attached to an aromatic ring is 1. The Kier molecular flexibility index (Phi) is 2.63. The van der Waals surface area contributed by atoms with Gasteiger partial charge in [-0.1, -0.05) is 0 Å². The summed E-state index contributed by atoms with van der Waals surface area (Å²) < 4.78 is 12.5. The van der Waals surface area contributed by atoms with E-state index in [9.17, 15) is 0 Å². The predicted octanol–water partition coefficient (Wildman–Crippen LogP) is 1.97. The first-order valence-corrected chi connectivity index (χ1v) is 5.89. The average molecular weight is 258 g/mol. The van der Waals surface area contributed by atoms with Gasteiger partial charge in [-0.15, -0.1) is 0 Å². The predicted molar refractivity (Wildman–Crippen MR) is 71.0 cm³/mol. The molecule has 0 unspecified atom stereocenters. The molecule has 0 saturated carbocycles.